The lowest BCUT2D eigenvalue weighted by molar-refractivity contribution is 0.203. The van der Waals surface area contributed by atoms with Crippen LogP contribution in [0.4, 0.5) is 10.5 Å². The third kappa shape index (κ3) is 4.94. The largest absolute Gasteiger partial charge is 0.371 e. The molecule has 6 nitrogen and oxygen atoms in total. The maximum Gasteiger partial charge on any atom is 0.317 e. The number of hydrogen-bond acceptors (Lipinski definition) is 4. The number of amides is 2. The number of thioether (sulfide) groups is 1. The highest BCUT2D eigenvalue weighted by Crippen LogP contribution is 2.23. The summed E-state index contributed by atoms with van der Waals surface area (Å²) < 4.78 is 1.98. The van der Waals surface area contributed by atoms with Crippen molar-refractivity contribution in [2.24, 2.45) is 13.0 Å². The summed E-state index contributed by atoms with van der Waals surface area (Å²) in [5.74, 6) is 1.34. The molecule has 1 aromatic carbocycles. The zero-order valence-electron chi connectivity index (χ0n) is 15.5. The Morgan fingerprint density at radius 2 is 2.19 bits per heavy atom. The minimum atomic E-state index is 0.00333. The molecule has 1 aromatic heterocycles. The topological polar surface area (TPSA) is 53.4 Å². The number of para-hydroxylation sites is 1. The van der Waals surface area contributed by atoms with Crippen molar-refractivity contribution >= 4 is 23.5 Å². The number of benzene rings is 1. The van der Waals surface area contributed by atoms with Gasteiger partial charge in [-0.3, -0.25) is 0 Å². The van der Waals surface area contributed by atoms with E-state index in [1.807, 2.05) is 35.8 Å². The van der Waals surface area contributed by atoms with Gasteiger partial charge in [0, 0.05) is 64.1 Å². The molecule has 7 heteroatoms. The molecule has 0 aliphatic carbocycles. The van der Waals surface area contributed by atoms with E-state index in [9.17, 15) is 4.79 Å². The first-order chi connectivity index (χ1) is 12.6. The van der Waals surface area contributed by atoms with Gasteiger partial charge in [0.25, 0.3) is 0 Å². The average Bonchev–Trinajstić information content (AvgIpc) is 3.28. The van der Waals surface area contributed by atoms with Gasteiger partial charge in [-0.1, -0.05) is 30.0 Å². The summed E-state index contributed by atoms with van der Waals surface area (Å²) in [7, 11) is 3.86. The number of nitrogens with one attached hydrogen (secondary N) is 1. The summed E-state index contributed by atoms with van der Waals surface area (Å²) in [4.78, 5) is 20.8. The third-order valence-corrected chi connectivity index (χ3v) is 5.73. The van der Waals surface area contributed by atoms with E-state index in [4.69, 9.17) is 0 Å². The Labute approximate surface area is 159 Å². The van der Waals surface area contributed by atoms with Gasteiger partial charge >= 0.3 is 6.03 Å². The molecule has 1 aliphatic rings. The van der Waals surface area contributed by atoms with Gasteiger partial charge in [0.1, 0.15) is 0 Å². The molecular weight excluding hydrogens is 346 g/mol. The van der Waals surface area contributed by atoms with E-state index < -0.39 is 0 Å². The van der Waals surface area contributed by atoms with Crippen molar-refractivity contribution in [1.82, 2.24) is 19.8 Å². The van der Waals surface area contributed by atoms with Gasteiger partial charge in [0.2, 0.25) is 0 Å². The number of anilines is 1. The van der Waals surface area contributed by atoms with Crippen LogP contribution >= 0.6 is 11.8 Å². The van der Waals surface area contributed by atoms with Gasteiger partial charge in [-0.15, -0.1) is 0 Å². The second-order valence-corrected chi connectivity index (χ2v) is 7.78. The summed E-state index contributed by atoms with van der Waals surface area (Å²) in [6.45, 7) is 3.50. The number of carbonyl (C=O) groups is 1. The fourth-order valence-corrected chi connectivity index (χ4v) is 4.04. The van der Waals surface area contributed by atoms with Crippen LogP contribution in [0, 0.1) is 5.92 Å². The molecular formula is C19H27N5OS. The monoisotopic (exact) mass is 373 g/mol. The number of hydrogen-bond donors (Lipinski definition) is 1. The molecule has 0 radical (unpaired) electrons. The second-order valence-electron chi connectivity index (χ2n) is 6.72. The zero-order valence-corrected chi connectivity index (χ0v) is 16.3. The molecule has 26 heavy (non-hydrogen) atoms. The molecule has 140 valence electrons. The van der Waals surface area contributed by atoms with Crippen molar-refractivity contribution in [1.29, 1.82) is 0 Å². The highest BCUT2D eigenvalue weighted by molar-refractivity contribution is 7.99. The SMILES string of the molecule is CN(C[C@@H]1CCN(c2ccccc2)C1)C(=O)NCCSc1nccn1C. The molecule has 0 bridgehead atoms. The van der Waals surface area contributed by atoms with E-state index in [0.29, 0.717) is 12.5 Å². The smallest absolute Gasteiger partial charge is 0.317 e. The van der Waals surface area contributed by atoms with Crippen molar-refractivity contribution in [2.45, 2.75) is 11.6 Å². The predicted octanol–water partition coefficient (Wildman–Crippen LogP) is 2.68. The summed E-state index contributed by atoms with van der Waals surface area (Å²) >= 11 is 1.65. The van der Waals surface area contributed by atoms with Gasteiger partial charge in [0.15, 0.2) is 5.16 Å². The normalized spacial score (nSPS) is 16.7. The molecule has 1 N–H and O–H groups in total. The van der Waals surface area contributed by atoms with Crippen LogP contribution in [0.25, 0.3) is 0 Å². The summed E-state index contributed by atoms with van der Waals surface area (Å²) in [5.41, 5.74) is 1.27. The summed E-state index contributed by atoms with van der Waals surface area (Å²) in [6, 6.07) is 10.5. The molecule has 2 amide bonds. The Bertz CT molecular complexity index is 705. The number of aryl methyl sites for hydroxylation is 1. The number of urea groups is 1. The van der Waals surface area contributed by atoms with Crippen LogP contribution in [0.5, 0.6) is 0 Å². The average molecular weight is 374 g/mol. The van der Waals surface area contributed by atoms with Crippen molar-refractivity contribution in [3.05, 3.63) is 42.7 Å². The van der Waals surface area contributed by atoms with Crippen LogP contribution in [0.2, 0.25) is 0 Å². The lowest BCUT2D eigenvalue weighted by Crippen LogP contribution is -2.41. The standard InChI is InChI=1S/C19H27N5OS/c1-22-12-9-21-19(22)26-13-10-20-18(25)23(2)14-16-8-11-24(15-16)17-6-4-3-5-7-17/h3-7,9,12,16H,8,10-11,13-15H2,1-2H3,(H,20,25)/t16-/m0/s1. The lowest BCUT2D eigenvalue weighted by Gasteiger charge is -2.23. The van der Waals surface area contributed by atoms with E-state index in [0.717, 1.165) is 37.0 Å². The van der Waals surface area contributed by atoms with Gasteiger partial charge in [-0.2, -0.15) is 0 Å². The third-order valence-electron chi connectivity index (χ3n) is 4.67. The van der Waals surface area contributed by atoms with Crippen LogP contribution in [0.3, 0.4) is 0 Å². The molecule has 0 unspecified atom stereocenters. The van der Waals surface area contributed by atoms with E-state index in [1.54, 1.807) is 18.0 Å². The molecule has 2 heterocycles. The molecule has 0 saturated carbocycles. The van der Waals surface area contributed by atoms with E-state index >= 15 is 0 Å². The molecule has 1 saturated heterocycles. The Balaban J connectivity index is 1.36. The quantitative estimate of drug-likeness (QED) is 0.599. The molecule has 0 spiro atoms. The Kier molecular flexibility index (Phi) is 6.44. The molecule has 1 atom stereocenters. The number of carbonyl (C=O) groups excluding carboxylic acids is 1. The van der Waals surface area contributed by atoms with Gasteiger partial charge in [-0.25, -0.2) is 9.78 Å². The van der Waals surface area contributed by atoms with Crippen LogP contribution in [0.15, 0.2) is 47.9 Å². The number of nitrogens with zero attached hydrogens (tertiary/aromatic N) is 4. The van der Waals surface area contributed by atoms with Gasteiger partial charge in [-0.05, 0) is 24.5 Å². The molecule has 1 aliphatic heterocycles. The Morgan fingerprint density at radius 1 is 1.38 bits per heavy atom. The van der Waals surface area contributed by atoms with Crippen LogP contribution in [-0.4, -0.2) is 59.5 Å². The van der Waals surface area contributed by atoms with Gasteiger partial charge in [0.05, 0.1) is 0 Å². The highest BCUT2D eigenvalue weighted by atomic mass is 32.2. The van der Waals surface area contributed by atoms with Crippen molar-refractivity contribution < 1.29 is 4.79 Å². The number of rotatable bonds is 7. The maximum atomic E-state index is 12.3. The summed E-state index contributed by atoms with van der Waals surface area (Å²) in [6.07, 6.45) is 4.84. The molecule has 1 fully saturated rings. The summed E-state index contributed by atoms with van der Waals surface area (Å²) in [5, 5.41) is 3.97. The lowest BCUT2D eigenvalue weighted by atomic mass is 10.1. The molecule has 2 aromatic rings. The zero-order chi connectivity index (χ0) is 18.4. The Morgan fingerprint density at radius 3 is 2.92 bits per heavy atom. The number of imidazole rings is 1. The van der Waals surface area contributed by atoms with E-state index in [2.05, 4.69) is 39.5 Å². The van der Waals surface area contributed by atoms with Crippen LogP contribution < -0.4 is 10.2 Å². The second kappa shape index (κ2) is 8.98. The van der Waals surface area contributed by atoms with Crippen LogP contribution in [-0.2, 0) is 7.05 Å². The first-order valence-electron chi connectivity index (χ1n) is 9.02. The first-order valence-corrected chi connectivity index (χ1v) is 10.0. The highest BCUT2D eigenvalue weighted by Gasteiger charge is 2.25. The molecule has 3 rings (SSSR count). The fraction of sp³-hybridized carbons (Fsp3) is 0.474. The van der Waals surface area contributed by atoms with Crippen molar-refractivity contribution in [3.63, 3.8) is 0 Å². The fourth-order valence-electron chi connectivity index (χ4n) is 3.25. The van der Waals surface area contributed by atoms with Crippen molar-refractivity contribution in [2.75, 3.05) is 43.9 Å². The minimum Gasteiger partial charge on any atom is -0.371 e. The van der Waals surface area contributed by atoms with Gasteiger partial charge < -0.3 is 19.7 Å². The first kappa shape index (κ1) is 18.6. The Hall–Kier alpha value is -2.15. The van der Waals surface area contributed by atoms with Crippen LogP contribution in [0.1, 0.15) is 6.42 Å². The number of aromatic nitrogens is 2. The predicted molar refractivity (Wildman–Crippen MR) is 107 cm³/mol. The minimum absolute atomic E-state index is 0.00333. The van der Waals surface area contributed by atoms with E-state index in [-0.39, 0.29) is 6.03 Å². The maximum absolute atomic E-state index is 12.3. The van der Waals surface area contributed by atoms with Crippen molar-refractivity contribution in [3.8, 4) is 0 Å². The van der Waals surface area contributed by atoms with E-state index in [1.165, 1.54) is 5.69 Å².